The van der Waals surface area contributed by atoms with E-state index in [-0.39, 0.29) is 34.4 Å². The third-order valence-corrected chi connectivity index (χ3v) is 7.55. The van der Waals surface area contributed by atoms with Crippen LogP contribution < -0.4 is 4.90 Å². The van der Waals surface area contributed by atoms with Crippen molar-refractivity contribution < 1.29 is 40.8 Å². The molecule has 2 fully saturated rings. The summed E-state index contributed by atoms with van der Waals surface area (Å²) in [5.41, 5.74) is -0.731. The molecule has 2 aliphatic rings. The SMILES string of the molecule is O=C(O)c1cc(-c2ccc(N3CC(C=Cc4c(-c5ccccc5C(F)(F)F)noc4C4CC4)C3)cn2)cc(C(F)(F)F)c1. The molecule has 43 heavy (non-hydrogen) atoms. The first-order valence-corrected chi connectivity index (χ1v) is 13.4. The minimum absolute atomic E-state index is 0.0336. The van der Waals surface area contributed by atoms with Gasteiger partial charge in [0.25, 0.3) is 0 Å². The monoisotopic (exact) mass is 599 g/mol. The van der Waals surface area contributed by atoms with Gasteiger partial charge in [-0.05, 0) is 49.2 Å². The van der Waals surface area contributed by atoms with Gasteiger partial charge in [-0.15, -0.1) is 0 Å². The van der Waals surface area contributed by atoms with Crippen molar-refractivity contribution in [3.8, 4) is 22.5 Å². The first kappa shape index (κ1) is 28.5. The molecule has 1 saturated carbocycles. The summed E-state index contributed by atoms with van der Waals surface area (Å²) in [4.78, 5) is 17.6. The molecule has 1 aliphatic carbocycles. The second-order valence-electron chi connectivity index (χ2n) is 10.7. The Kier molecular flexibility index (Phi) is 7.02. The van der Waals surface area contributed by atoms with Crippen molar-refractivity contribution >= 4 is 17.7 Å². The maximum absolute atomic E-state index is 13.7. The largest absolute Gasteiger partial charge is 0.478 e. The number of carboxylic acid groups (broad SMARTS) is 1. The summed E-state index contributed by atoms with van der Waals surface area (Å²) in [6, 6.07) is 11.1. The van der Waals surface area contributed by atoms with Crippen LogP contribution in [0, 0.1) is 5.92 Å². The van der Waals surface area contributed by atoms with Crippen molar-refractivity contribution in [2.45, 2.75) is 31.1 Å². The van der Waals surface area contributed by atoms with Crippen molar-refractivity contribution in [1.29, 1.82) is 0 Å². The van der Waals surface area contributed by atoms with Crippen molar-refractivity contribution in [3.63, 3.8) is 0 Å². The van der Waals surface area contributed by atoms with Crippen LogP contribution in [-0.2, 0) is 12.4 Å². The Bertz CT molecular complexity index is 1700. The van der Waals surface area contributed by atoms with E-state index >= 15 is 0 Å². The Morgan fingerprint density at radius 3 is 2.35 bits per heavy atom. The normalized spacial score (nSPS) is 16.1. The number of alkyl halides is 6. The fourth-order valence-electron chi connectivity index (χ4n) is 5.13. The number of rotatable bonds is 7. The summed E-state index contributed by atoms with van der Waals surface area (Å²) in [6.07, 6.45) is -2.28. The lowest BCUT2D eigenvalue weighted by Crippen LogP contribution is -2.45. The molecule has 1 aliphatic heterocycles. The number of pyridine rings is 1. The zero-order valence-corrected chi connectivity index (χ0v) is 22.3. The van der Waals surface area contributed by atoms with Crippen LogP contribution >= 0.6 is 0 Å². The highest BCUT2D eigenvalue weighted by Crippen LogP contribution is 2.46. The Hall–Kier alpha value is -4.61. The van der Waals surface area contributed by atoms with Crippen molar-refractivity contribution in [2.24, 2.45) is 5.92 Å². The van der Waals surface area contributed by atoms with Crippen molar-refractivity contribution in [2.75, 3.05) is 18.0 Å². The number of benzene rings is 2. The molecule has 0 radical (unpaired) electrons. The lowest BCUT2D eigenvalue weighted by Gasteiger charge is -2.39. The van der Waals surface area contributed by atoms with E-state index in [4.69, 9.17) is 4.52 Å². The van der Waals surface area contributed by atoms with E-state index in [1.54, 1.807) is 12.1 Å². The average molecular weight is 600 g/mol. The molecule has 12 heteroatoms. The summed E-state index contributed by atoms with van der Waals surface area (Å²) in [6.45, 7) is 1.17. The molecule has 3 heterocycles. The van der Waals surface area contributed by atoms with Gasteiger partial charge in [0.1, 0.15) is 11.5 Å². The van der Waals surface area contributed by atoms with Gasteiger partial charge in [-0.2, -0.15) is 26.3 Å². The molecule has 2 aromatic carbocycles. The third-order valence-electron chi connectivity index (χ3n) is 7.55. The standard InChI is InChI=1S/C31H23F6N3O3/c32-30(33,34)21-12-19(11-20(13-21)29(41)42)26-10-8-22(14-38-26)40-15-17(16-40)5-9-24-27(39-43-28(24)18-6-7-18)23-3-1-2-4-25(23)31(35,36)37/h1-5,8-14,17-18H,6-7,15-16H2,(H,41,42). The van der Waals surface area contributed by atoms with Crippen LogP contribution in [0.15, 0.2) is 71.4 Å². The molecule has 1 N–H and O–H groups in total. The highest BCUT2D eigenvalue weighted by atomic mass is 19.4. The summed E-state index contributed by atoms with van der Waals surface area (Å²) < 4.78 is 86.5. The minimum Gasteiger partial charge on any atom is -0.478 e. The number of carbonyl (C=O) groups is 1. The van der Waals surface area contributed by atoms with Gasteiger partial charge in [0.15, 0.2) is 0 Å². The number of carboxylic acids is 1. The molecule has 0 spiro atoms. The molecule has 0 bridgehead atoms. The first-order valence-electron chi connectivity index (χ1n) is 13.4. The van der Waals surface area contributed by atoms with E-state index in [0.29, 0.717) is 30.5 Å². The predicted molar refractivity (Wildman–Crippen MR) is 145 cm³/mol. The van der Waals surface area contributed by atoms with Gasteiger partial charge in [-0.25, -0.2) is 4.79 Å². The molecule has 6 rings (SSSR count). The number of nitrogens with zero attached hydrogens (tertiary/aromatic N) is 3. The zero-order chi connectivity index (χ0) is 30.5. The van der Waals surface area contributed by atoms with E-state index in [9.17, 15) is 36.2 Å². The van der Waals surface area contributed by atoms with Gasteiger partial charge in [0, 0.05) is 41.6 Å². The van der Waals surface area contributed by atoms with E-state index in [0.717, 1.165) is 36.7 Å². The summed E-state index contributed by atoms with van der Waals surface area (Å²) in [7, 11) is 0. The number of anilines is 1. The van der Waals surface area contributed by atoms with E-state index in [2.05, 4.69) is 10.1 Å². The Morgan fingerprint density at radius 2 is 1.72 bits per heavy atom. The molecule has 0 unspecified atom stereocenters. The third kappa shape index (κ3) is 5.86. The first-order chi connectivity index (χ1) is 20.4. The number of aromatic carboxylic acids is 1. The van der Waals surface area contributed by atoms with Crippen LogP contribution in [0.3, 0.4) is 0 Å². The average Bonchev–Trinajstić information content (AvgIpc) is 3.70. The maximum atomic E-state index is 13.7. The molecule has 4 aromatic rings. The van der Waals surface area contributed by atoms with Gasteiger partial charge in [0.05, 0.1) is 34.3 Å². The molecule has 0 amide bonds. The summed E-state index contributed by atoms with van der Waals surface area (Å²) in [5.74, 6) is -0.686. The van der Waals surface area contributed by atoms with Crippen LogP contribution in [0.4, 0.5) is 32.0 Å². The number of halogens is 6. The molecule has 1 saturated heterocycles. The lowest BCUT2D eigenvalue weighted by atomic mass is 9.95. The van der Waals surface area contributed by atoms with E-state index < -0.39 is 35.0 Å². The Labute approximate surface area is 241 Å². The molecule has 2 aromatic heterocycles. The van der Waals surface area contributed by atoms with Crippen LogP contribution in [-0.4, -0.2) is 34.3 Å². The smallest absolute Gasteiger partial charge is 0.417 e. The highest BCUT2D eigenvalue weighted by molar-refractivity contribution is 5.89. The summed E-state index contributed by atoms with van der Waals surface area (Å²) >= 11 is 0. The fourth-order valence-corrected chi connectivity index (χ4v) is 5.13. The van der Waals surface area contributed by atoms with Gasteiger partial charge in [-0.1, -0.05) is 35.5 Å². The van der Waals surface area contributed by atoms with Crippen molar-refractivity contribution in [1.82, 2.24) is 10.1 Å². The van der Waals surface area contributed by atoms with E-state index in [1.165, 1.54) is 30.5 Å². The van der Waals surface area contributed by atoms with Crippen LogP contribution in [0.25, 0.3) is 28.6 Å². The topological polar surface area (TPSA) is 79.5 Å². The quantitative estimate of drug-likeness (QED) is 0.216. The minimum atomic E-state index is -4.71. The zero-order valence-electron chi connectivity index (χ0n) is 22.3. The van der Waals surface area contributed by atoms with Crippen molar-refractivity contribution in [3.05, 3.63) is 94.9 Å². The molecule has 0 atom stereocenters. The second kappa shape index (κ2) is 10.6. The molecular formula is C31H23F6N3O3. The molecule has 6 nitrogen and oxygen atoms in total. The van der Waals surface area contributed by atoms with Crippen LogP contribution in [0.2, 0.25) is 0 Å². The second-order valence-corrected chi connectivity index (χ2v) is 10.7. The van der Waals surface area contributed by atoms with Crippen LogP contribution in [0.5, 0.6) is 0 Å². The summed E-state index contributed by atoms with van der Waals surface area (Å²) in [5, 5.41) is 13.3. The number of aromatic nitrogens is 2. The lowest BCUT2D eigenvalue weighted by molar-refractivity contribution is -0.138. The van der Waals surface area contributed by atoms with Gasteiger partial charge < -0.3 is 14.5 Å². The number of hydrogen-bond acceptors (Lipinski definition) is 5. The highest BCUT2D eigenvalue weighted by Gasteiger charge is 2.37. The maximum Gasteiger partial charge on any atom is 0.417 e. The van der Waals surface area contributed by atoms with Crippen LogP contribution in [0.1, 0.15) is 51.6 Å². The van der Waals surface area contributed by atoms with E-state index in [1.807, 2.05) is 11.0 Å². The Balaban J connectivity index is 1.18. The fraction of sp³-hybridized carbons (Fsp3) is 0.258. The predicted octanol–water partition coefficient (Wildman–Crippen LogP) is 8.17. The molecular weight excluding hydrogens is 576 g/mol. The molecule has 222 valence electrons. The van der Waals surface area contributed by atoms with Gasteiger partial charge >= 0.3 is 18.3 Å². The number of hydrogen-bond donors (Lipinski definition) is 1. The Morgan fingerprint density at radius 1 is 0.977 bits per heavy atom. The van der Waals surface area contributed by atoms with Gasteiger partial charge in [-0.3, -0.25) is 4.98 Å². The van der Waals surface area contributed by atoms with Gasteiger partial charge in [0.2, 0.25) is 0 Å².